The maximum atomic E-state index is 13.0. The van der Waals surface area contributed by atoms with Crippen molar-refractivity contribution in [3.63, 3.8) is 0 Å². The third-order valence-electron chi connectivity index (χ3n) is 4.37. The topological polar surface area (TPSA) is 84.9 Å². The number of rotatable bonds is 6. The monoisotopic (exact) mass is 472 g/mol. The molecule has 1 fully saturated rings. The molecule has 156 valence electrons. The Labute approximate surface area is 182 Å². The summed E-state index contributed by atoms with van der Waals surface area (Å²) >= 11 is 3.45. The van der Waals surface area contributed by atoms with E-state index in [9.17, 15) is 14.4 Å². The van der Waals surface area contributed by atoms with Crippen molar-refractivity contribution in [3.05, 3.63) is 57.6 Å². The Balaban J connectivity index is 2.01. The van der Waals surface area contributed by atoms with Gasteiger partial charge in [-0.2, -0.15) is 0 Å². The lowest BCUT2D eigenvalue weighted by Gasteiger charge is -2.26. The van der Waals surface area contributed by atoms with Crippen LogP contribution in [-0.4, -0.2) is 31.6 Å². The van der Waals surface area contributed by atoms with Gasteiger partial charge in [-0.3, -0.25) is 14.9 Å². The lowest BCUT2D eigenvalue weighted by atomic mass is 10.1. The fourth-order valence-electron chi connectivity index (χ4n) is 2.99. The first kappa shape index (κ1) is 21.6. The number of aryl methyl sites for hydroxylation is 1. The van der Waals surface area contributed by atoms with Gasteiger partial charge in [-0.25, -0.2) is 9.69 Å². The molecule has 0 unspecified atom stereocenters. The van der Waals surface area contributed by atoms with E-state index in [0.29, 0.717) is 33.8 Å². The molecule has 1 aliphatic heterocycles. The molecular formula is C22H21BrN2O5. The Morgan fingerprint density at radius 3 is 2.60 bits per heavy atom. The number of benzene rings is 2. The molecule has 1 aliphatic rings. The lowest BCUT2D eigenvalue weighted by molar-refractivity contribution is -0.122. The van der Waals surface area contributed by atoms with Crippen molar-refractivity contribution in [3.8, 4) is 11.5 Å². The normalized spacial score (nSPS) is 15.4. The Bertz CT molecular complexity index is 1050. The van der Waals surface area contributed by atoms with E-state index in [-0.39, 0.29) is 5.57 Å². The van der Waals surface area contributed by atoms with Crippen LogP contribution < -0.4 is 19.7 Å². The number of amides is 4. The number of hydrogen-bond donors (Lipinski definition) is 1. The Hall–Kier alpha value is -3.13. The third kappa shape index (κ3) is 4.38. The van der Waals surface area contributed by atoms with Gasteiger partial charge in [0.2, 0.25) is 0 Å². The Morgan fingerprint density at radius 2 is 1.93 bits per heavy atom. The van der Waals surface area contributed by atoms with Gasteiger partial charge in [-0.1, -0.05) is 19.1 Å². The summed E-state index contributed by atoms with van der Waals surface area (Å²) < 4.78 is 11.7. The summed E-state index contributed by atoms with van der Waals surface area (Å²) in [6.45, 7) is 4.36. The third-order valence-corrected chi connectivity index (χ3v) is 4.96. The van der Waals surface area contributed by atoms with Crippen LogP contribution >= 0.6 is 15.9 Å². The molecule has 4 amide bonds. The average Bonchev–Trinajstić information content (AvgIpc) is 2.70. The second-order valence-corrected chi connectivity index (χ2v) is 7.53. The maximum absolute atomic E-state index is 13.0. The quantitative estimate of drug-likeness (QED) is 0.502. The SMILES string of the molecule is CCCOc1c(Br)cc(/C=C2\C(=O)NC(=O)N(c3cccc(C)c3)C2=O)cc1OC. The van der Waals surface area contributed by atoms with Gasteiger partial charge in [0.05, 0.1) is 23.9 Å². The number of ether oxygens (including phenoxy) is 2. The summed E-state index contributed by atoms with van der Waals surface area (Å²) in [5.41, 5.74) is 1.65. The molecule has 0 bridgehead atoms. The minimum Gasteiger partial charge on any atom is -0.493 e. The van der Waals surface area contributed by atoms with Crippen LogP contribution in [0.1, 0.15) is 24.5 Å². The van der Waals surface area contributed by atoms with Gasteiger partial charge < -0.3 is 9.47 Å². The number of halogens is 1. The van der Waals surface area contributed by atoms with Crippen LogP contribution in [0.2, 0.25) is 0 Å². The smallest absolute Gasteiger partial charge is 0.335 e. The number of methoxy groups -OCH3 is 1. The molecule has 0 saturated carbocycles. The molecule has 0 aromatic heterocycles. The predicted octanol–water partition coefficient (Wildman–Crippen LogP) is 4.22. The summed E-state index contributed by atoms with van der Waals surface area (Å²) in [5, 5.41) is 2.22. The van der Waals surface area contributed by atoms with Gasteiger partial charge in [0.15, 0.2) is 11.5 Å². The largest absolute Gasteiger partial charge is 0.493 e. The first-order chi connectivity index (χ1) is 14.3. The van der Waals surface area contributed by atoms with Gasteiger partial charge in [0, 0.05) is 0 Å². The molecule has 0 aliphatic carbocycles. The van der Waals surface area contributed by atoms with E-state index in [4.69, 9.17) is 9.47 Å². The first-order valence-electron chi connectivity index (χ1n) is 9.34. The van der Waals surface area contributed by atoms with E-state index in [2.05, 4.69) is 21.2 Å². The molecule has 1 N–H and O–H groups in total. The number of urea groups is 1. The van der Waals surface area contributed by atoms with Gasteiger partial charge in [0.25, 0.3) is 11.8 Å². The molecule has 30 heavy (non-hydrogen) atoms. The highest BCUT2D eigenvalue weighted by Crippen LogP contribution is 2.37. The fourth-order valence-corrected chi connectivity index (χ4v) is 3.57. The van der Waals surface area contributed by atoms with Crippen LogP contribution in [-0.2, 0) is 9.59 Å². The van der Waals surface area contributed by atoms with Crippen molar-refractivity contribution in [2.75, 3.05) is 18.6 Å². The number of imide groups is 2. The van der Waals surface area contributed by atoms with Crippen molar-refractivity contribution in [2.24, 2.45) is 0 Å². The minimum atomic E-state index is -0.783. The minimum absolute atomic E-state index is 0.160. The van der Waals surface area contributed by atoms with Crippen molar-refractivity contribution in [1.82, 2.24) is 5.32 Å². The number of hydrogen-bond acceptors (Lipinski definition) is 5. The molecule has 0 atom stereocenters. The Kier molecular flexibility index (Phi) is 6.56. The summed E-state index contributed by atoms with van der Waals surface area (Å²) in [7, 11) is 1.51. The van der Waals surface area contributed by atoms with Gasteiger partial charge >= 0.3 is 6.03 Å². The van der Waals surface area contributed by atoms with E-state index in [1.807, 2.05) is 19.9 Å². The van der Waals surface area contributed by atoms with Crippen LogP contribution in [0, 0.1) is 6.92 Å². The first-order valence-corrected chi connectivity index (χ1v) is 10.1. The van der Waals surface area contributed by atoms with E-state index in [1.165, 1.54) is 13.2 Å². The second-order valence-electron chi connectivity index (χ2n) is 6.68. The van der Waals surface area contributed by atoms with E-state index >= 15 is 0 Å². The zero-order valence-corrected chi connectivity index (χ0v) is 18.4. The summed E-state index contributed by atoms with van der Waals surface area (Å²) in [6, 6.07) is 9.52. The Morgan fingerprint density at radius 1 is 1.17 bits per heavy atom. The number of nitrogens with one attached hydrogen (secondary N) is 1. The zero-order chi connectivity index (χ0) is 21.8. The molecule has 0 radical (unpaired) electrons. The van der Waals surface area contributed by atoms with Crippen LogP contribution in [0.3, 0.4) is 0 Å². The summed E-state index contributed by atoms with van der Waals surface area (Å²) in [6.07, 6.45) is 2.25. The van der Waals surface area contributed by atoms with Gasteiger partial charge in [-0.15, -0.1) is 0 Å². The van der Waals surface area contributed by atoms with E-state index in [1.54, 1.807) is 30.3 Å². The van der Waals surface area contributed by atoms with E-state index < -0.39 is 17.8 Å². The van der Waals surface area contributed by atoms with Crippen molar-refractivity contribution >= 4 is 45.5 Å². The summed E-state index contributed by atoms with van der Waals surface area (Å²) in [4.78, 5) is 38.7. The number of nitrogens with zero attached hydrogens (tertiary/aromatic N) is 1. The van der Waals surface area contributed by atoms with Gasteiger partial charge in [-0.05, 0) is 70.7 Å². The molecular weight excluding hydrogens is 452 g/mol. The molecule has 0 spiro atoms. The van der Waals surface area contributed by atoms with Crippen LogP contribution in [0.25, 0.3) is 6.08 Å². The lowest BCUT2D eigenvalue weighted by Crippen LogP contribution is -2.54. The van der Waals surface area contributed by atoms with Crippen molar-refractivity contribution < 1.29 is 23.9 Å². The highest BCUT2D eigenvalue weighted by molar-refractivity contribution is 9.10. The standard InChI is InChI=1S/C22H21BrN2O5/c1-4-8-30-19-17(23)11-14(12-18(19)29-3)10-16-20(26)24-22(28)25(21(16)27)15-7-5-6-13(2)9-15/h5-7,9-12H,4,8H2,1-3H3,(H,24,26,28)/b16-10+. The number of carbonyl (C=O) groups excluding carboxylic acids is 3. The molecule has 8 heteroatoms. The highest BCUT2D eigenvalue weighted by atomic mass is 79.9. The zero-order valence-electron chi connectivity index (χ0n) is 16.8. The maximum Gasteiger partial charge on any atom is 0.335 e. The van der Waals surface area contributed by atoms with Gasteiger partial charge in [0.1, 0.15) is 5.57 Å². The van der Waals surface area contributed by atoms with Crippen LogP contribution in [0.5, 0.6) is 11.5 Å². The predicted molar refractivity (Wildman–Crippen MR) is 117 cm³/mol. The van der Waals surface area contributed by atoms with Crippen molar-refractivity contribution in [1.29, 1.82) is 0 Å². The summed E-state index contributed by atoms with van der Waals surface area (Å²) in [5.74, 6) is -0.455. The average molecular weight is 473 g/mol. The molecule has 3 rings (SSSR count). The fraction of sp³-hybridized carbons (Fsp3) is 0.227. The van der Waals surface area contributed by atoms with Crippen LogP contribution in [0.4, 0.5) is 10.5 Å². The number of barbiturate groups is 1. The molecule has 7 nitrogen and oxygen atoms in total. The molecule has 2 aromatic carbocycles. The molecule has 1 heterocycles. The number of anilines is 1. The second kappa shape index (κ2) is 9.13. The highest BCUT2D eigenvalue weighted by Gasteiger charge is 2.36. The van der Waals surface area contributed by atoms with Crippen molar-refractivity contribution in [2.45, 2.75) is 20.3 Å². The van der Waals surface area contributed by atoms with E-state index in [0.717, 1.165) is 16.9 Å². The number of carbonyl (C=O) groups is 3. The molecule has 1 saturated heterocycles. The molecule has 2 aromatic rings. The van der Waals surface area contributed by atoms with Crippen LogP contribution in [0.15, 0.2) is 46.4 Å².